The van der Waals surface area contributed by atoms with Crippen LogP contribution in [-0.2, 0) is 5.66 Å². The number of likely N-dealkylation sites (tertiary alicyclic amines) is 1. The van der Waals surface area contributed by atoms with Crippen molar-refractivity contribution < 1.29 is 0 Å². The van der Waals surface area contributed by atoms with E-state index in [1.807, 2.05) is 19.4 Å². The Kier molecular flexibility index (Phi) is 5.39. The van der Waals surface area contributed by atoms with Crippen LogP contribution in [0.4, 0.5) is 0 Å². The quantitative estimate of drug-likeness (QED) is 0.654. The zero-order chi connectivity index (χ0) is 22.2. The second kappa shape index (κ2) is 8.22. The van der Waals surface area contributed by atoms with E-state index < -0.39 is 5.66 Å². The molecule has 0 radical (unpaired) electrons. The van der Waals surface area contributed by atoms with Gasteiger partial charge in [0, 0.05) is 30.0 Å². The van der Waals surface area contributed by atoms with Crippen LogP contribution in [0.15, 0.2) is 72.4 Å². The van der Waals surface area contributed by atoms with Crippen molar-refractivity contribution in [2.24, 2.45) is 0 Å². The molecule has 3 N–H and O–H groups in total. The molecular formula is C25H33N7. The van der Waals surface area contributed by atoms with E-state index in [4.69, 9.17) is 5.10 Å². The molecule has 0 bridgehead atoms. The van der Waals surface area contributed by atoms with Crippen LogP contribution in [-0.4, -0.2) is 51.4 Å². The number of benzene rings is 1. The first-order valence-electron chi connectivity index (χ1n) is 11.5. The lowest BCUT2D eigenvalue weighted by molar-refractivity contribution is 0.0325. The fourth-order valence-corrected chi connectivity index (χ4v) is 5.39. The van der Waals surface area contributed by atoms with Crippen LogP contribution in [0.5, 0.6) is 0 Å². The number of hydrogen-bond donors (Lipinski definition) is 3. The largest absolute Gasteiger partial charge is 0.382 e. The van der Waals surface area contributed by atoms with Gasteiger partial charge in [-0.05, 0) is 76.2 Å². The van der Waals surface area contributed by atoms with Gasteiger partial charge >= 0.3 is 0 Å². The minimum atomic E-state index is -0.579. The third-order valence-corrected chi connectivity index (χ3v) is 6.93. The third kappa shape index (κ3) is 3.55. The summed E-state index contributed by atoms with van der Waals surface area (Å²) in [5.74, 6) is 0.891. The molecule has 5 rings (SSSR count). The van der Waals surface area contributed by atoms with Gasteiger partial charge in [0.25, 0.3) is 0 Å². The Hall–Kier alpha value is -2.90. The first-order valence-corrected chi connectivity index (χ1v) is 11.5. The van der Waals surface area contributed by atoms with Crippen LogP contribution >= 0.6 is 0 Å². The lowest BCUT2D eigenvalue weighted by atomic mass is 9.93. The monoisotopic (exact) mass is 431 g/mol. The molecule has 4 heterocycles. The molecule has 7 nitrogen and oxygen atoms in total. The van der Waals surface area contributed by atoms with E-state index in [-0.39, 0.29) is 11.6 Å². The minimum absolute atomic E-state index is 0.0336. The van der Waals surface area contributed by atoms with Gasteiger partial charge in [-0.3, -0.25) is 9.47 Å². The molecule has 0 spiro atoms. The van der Waals surface area contributed by atoms with Gasteiger partial charge in [-0.2, -0.15) is 0 Å². The average Bonchev–Trinajstić information content (AvgIpc) is 3.54. The van der Waals surface area contributed by atoms with Crippen molar-refractivity contribution in [3.63, 3.8) is 0 Å². The summed E-state index contributed by atoms with van der Waals surface area (Å²) in [5, 5.41) is 19.8. The maximum absolute atomic E-state index is 4.69. The predicted octanol–water partition coefficient (Wildman–Crippen LogP) is 2.80. The highest BCUT2D eigenvalue weighted by Gasteiger charge is 2.50. The summed E-state index contributed by atoms with van der Waals surface area (Å²) in [7, 11) is 1.99. The predicted molar refractivity (Wildman–Crippen MR) is 127 cm³/mol. The zero-order valence-electron chi connectivity index (χ0n) is 19.2. The minimum Gasteiger partial charge on any atom is -0.382 e. The Morgan fingerprint density at radius 2 is 2.06 bits per heavy atom. The number of aromatic nitrogens is 3. The maximum atomic E-state index is 4.69. The third-order valence-electron chi connectivity index (χ3n) is 6.93. The normalized spacial score (nSPS) is 27.0. The van der Waals surface area contributed by atoms with Crippen LogP contribution in [0.25, 0.3) is 5.69 Å². The van der Waals surface area contributed by atoms with Gasteiger partial charge in [0.1, 0.15) is 6.33 Å². The molecule has 1 fully saturated rings. The summed E-state index contributed by atoms with van der Waals surface area (Å²) in [5.41, 5.74) is 3.08. The van der Waals surface area contributed by atoms with Gasteiger partial charge in [-0.25, -0.2) is 0 Å². The van der Waals surface area contributed by atoms with Crippen LogP contribution < -0.4 is 16.0 Å². The topological polar surface area (TPSA) is 70.0 Å². The molecule has 3 aliphatic rings. The van der Waals surface area contributed by atoms with Gasteiger partial charge in [0.2, 0.25) is 0 Å². The van der Waals surface area contributed by atoms with E-state index in [2.05, 4.69) is 93.1 Å². The molecule has 2 atom stereocenters. The summed E-state index contributed by atoms with van der Waals surface area (Å²) >= 11 is 0. The Labute approximate surface area is 190 Å². The molecule has 1 saturated heterocycles. The molecular weight excluding hydrogens is 398 g/mol. The molecule has 168 valence electrons. The number of para-hydroxylation sites is 1. The van der Waals surface area contributed by atoms with Gasteiger partial charge < -0.3 is 16.0 Å². The second-order valence-corrected chi connectivity index (χ2v) is 9.56. The summed E-state index contributed by atoms with van der Waals surface area (Å²) in [6.07, 6.45) is 13.9. The summed E-state index contributed by atoms with van der Waals surface area (Å²) in [4.78, 5) is 2.56. The molecule has 0 saturated carbocycles. The molecule has 1 aromatic carbocycles. The first kappa shape index (κ1) is 21.0. The van der Waals surface area contributed by atoms with Crippen LogP contribution in [0.2, 0.25) is 0 Å². The first-order chi connectivity index (χ1) is 15.5. The van der Waals surface area contributed by atoms with Crippen molar-refractivity contribution in [1.82, 2.24) is 35.6 Å². The number of rotatable bonds is 6. The molecule has 2 aromatic rings. The smallest absolute Gasteiger partial charge is 0.182 e. The Balaban J connectivity index is 1.55. The number of dihydropyridines is 1. The number of allylic oxidation sites excluding steroid dienone is 2. The van der Waals surface area contributed by atoms with Gasteiger partial charge in [-0.15, -0.1) is 10.2 Å². The Morgan fingerprint density at radius 3 is 2.81 bits per heavy atom. The summed E-state index contributed by atoms with van der Waals surface area (Å²) < 4.78 is 2.11. The highest BCUT2D eigenvalue weighted by atomic mass is 15.4. The van der Waals surface area contributed by atoms with E-state index in [1.165, 1.54) is 17.7 Å². The van der Waals surface area contributed by atoms with Gasteiger partial charge in [-0.1, -0.05) is 24.3 Å². The number of nitrogens with one attached hydrogen (secondary N) is 3. The maximum Gasteiger partial charge on any atom is 0.182 e. The highest BCUT2D eigenvalue weighted by Crippen LogP contribution is 2.42. The molecule has 2 unspecified atom stereocenters. The number of nitrogens with zero attached hydrogens (tertiary/aromatic N) is 4. The number of hydrogen-bond acceptors (Lipinski definition) is 6. The fraction of sp³-hybridized carbons (Fsp3) is 0.440. The van der Waals surface area contributed by atoms with Crippen LogP contribution in [0.3, 0.4) is 0 Å². The van der Waals surface area contributed by atoms with Crippen molar-refractivity contribution in [2.75, 3.05) is 20.1 Å². The van der Waals surface area contributed by atoms with Crippen LogP contribution in [0, 0.1) is 0 Å². The molecule has 0 amide bonds. The molecule has 3 aliphatic heterocycles. The summed E-state index contributed by atoms with van der Waals surface area (Å²) in [6.45, 7) is 6.57. The SMILES string of the molecule is CNCC1=CNC(C2=CC=CC(c3nncn3-c3ccccc3)(N3CCCC3(C)C)N2)C1. The van der Waals surface area contributed by atoms with Crippen molar-refractivity contribution in [3.05, 3.63) is 78.2 Å². The lowest BCUT2D eigenvalue weighted by Gasteiger charge is -2.48. The summed E-state index contributed by atoms with van der Waals surface area (Å²) in [6, 6.07) is 10.6. The second-order valence-electron chi connectivity index (χ2n) is 9.56. The standard InChI is InChI=1S/C25H33N7/c1-24(2)12-8-14-32(24)25(23-30-28-18-31(23)20-9-5-4-6-10-20)13-7-11-21(29-25)22-15-19(16-26-3)17-27-22/h4-7,9-11,13,17-18,22,26-27,29H,8,12,14-16H2,1-3H3. The van der Waals surface area contributed by atoms with E-state index >= 15 is 0 Å². The van der Waals surface area contributed by atoms with Crippen molar-refractivity contribution in [2.45, 2.75) is 50.4 Å². The van der Waals surface area contributed by atoms with E-state index in [0.717, 1.165) is 37.4 Å². The molecule has 7 heteroatoms. The lowest BCUT2D eigenvalue weighted by Crippen LogP contribution is -2.62. The Bertz CT molecular complexity index is 1050. The van der Waals surface area contributed by atoms with E-state index in [1.54, 1.807) is 0 Å². The van der Waals surface area contributed by atoms with Gasteiger partial charge in [0.15, 0.2) is 11.5 Å². The number of likely N-dealkylation sites (N-methyl/N-ethyl adjacent to an activating group) is 1. The van der Waals surface area contributed by atoms with Gasteiger partial charge in [0.05, 0.1) is 6.04 Å². The average molecular weight is 432 g/mol. The van der Waals surface area contributed by atoms with Crippen molar-refractivity contribution in [1.29, 1.82) is 0 Å². The van der Waals surface area contributed by atoms with Crippen molar-refractivity contribution >= 4 is 0 Å². The zero-order valence-corrected chi connectivity index (χ0v) is 19.2. The van der Waals surface area contributed by atoms with Crippen molar-refractivity contribution in [3.8, 4) is 5.69 Å². The molecule has 0 aliphatic carbocycles. The highest BCUT2D eigenvalue weighted by molar-refractivity contribution is 5.39. The molecule has 32 heavy (non-hydrogen) atoms. The fourth-order valence-electron chi connectivity index (χ4n) is 5.39. The van der Waals surface area contributed by atoms with E-state index in [0.29, 0.717) is 0 Å². The molecule has 1 aromatic heterocycles. The van der Waals surface area contributed by atoms with E-state index in [9.17, 15) is 0 Å². The Morgan fingerprint density at radius 1 is 1.22 bits per heavy atom. The van der Waals surface area contributed by atoms with Crippen LogP contribution in [0.1, 0.15) is 38.9 Å².